The number of nitrogen functional groups attached to an aromatic ring is 1. The van der Waals surface area contributed by atoms with Gasteiger partial charge in [-0.1, -0.05) is 18.2 Å². The van der Waals surface area contributed by atoms with Gasteiger partial charge >= 0.3 is 0 Å². The van der Waals surface area contributed by atoms with Crippen LogP contribution in [0.1, 0.15) is 27.3 Å². The van der Waals surface area contributed by atoms with E-state index in [-0.39, 0.29) is 24.7 Å². The molecule has 0 radical (unpaired) electrons. The molecule has 2 aromatic heterocycles. The summed E-state index contributed by atoms with van der Waals surface area (Å²) in [6.07, 6.45) is 1.77. The molecule has 0 aliphatic carbocycles. The highest BCUT2D eigenvalue weighted by Gasteiger charge is 2.23. The summed E-state index contributed by atoms with van der Waals surface area (Å²) in [5.41, 5.74) is 8.09. The maximum atomic E-state index is 13.2. The van der Waals surface area contributed by atoms with E-state index in [1.165, 1.54) is 16.8 Å². The number of nitrogens with one attached hydrogen (secondary N) is 2. The Labute approximate surface area is 173 Å². The van der Waals surface area contributed by atoms with Crippen molar-refractivity contribution in [3.63, 3.8) is 0 Å². The second kappa shape index (κ2) is 9.17. The van der Waals surface area contributed by atoms with E-state index in [1.54, 1.807) is 50.5 Å². The largest absolute Gasteiger partial charge is 0.384 e. The smallest absolute Gasteiger partial charge is 0.270 e. The molecule has 0 saturated carbocycles. The third kappa shape index (κ3) is 5.40. The summed E-state index contributed by atoms with van der Waals surface area (Å²) >= 11 is 0. The zero-order valence-corrected chi connectivity index (χ0v) is 16.7. The number of nitrogens with two attached hydrogens (primary N) is 1. The van der Waals surface area contributed by atoms with Gasteiger partial charge in [0.1, 0.15) is 23.4 Å². The van der Waals surface area contributed by atoms with Gasteiger partial charge < -0.3 is 16.4 Å². The van der Waals surface area contributed by atoms with Gasteiger partial charge in [-0.25, -0.2) is 9.37 Å². The summed E-state index contributed by atoms with van der Waals surface area (Å²) in [4.78, 5) is 29.5. The molecule has 30 heavy (non-hydrogen) atoms. The van der Waals surface area contributed by atoms with Gasteiger partial charge in [-0.2, -0.15) is 5.10 Å². The van der Waals surface area contributed by atoms with Crippen molar-refractivity contribution >= 4 is 17.6 Å². The number of anilines is 1. The van der Waals surface area contributed by atoms with Crippen LogP contribution in [0.5, 0.6) is 0 Å². The number of benzene rings is 1. The number of carbonyl (C=O) groups excluding carboxylic acids is 2. The Bertz CT molecular complexity index is 1030. The summed E-state index contributed by atoms with van der Waals surface area (Å²) in [6, 6.07) is 9.98. The number of aryl methyl sites for hydroxylation is 2. The van der Waals surface area contributed by atoms with E-state index in [4.69, 9.17) is 5.73 Å². The first-order valence-corrected chi connectivity index (χ1v) is 9.36. The van der Waals surface area contributed by atoms with E-state index >= 15 is 0 Å². The standard InChI is InChI=1S/C21H23FN6O2/c1-13-9-18(28(2)27-13)21(30)26-17(10-14-3-6-16(22)7-4-14)20(29)25-12-15-5-8-19(23)24-11-15/h3-9,11,17H,10,12H2,1-2H3,(H2,23,24)(H,25,29)(H,26,30)/t17-/m0/s1. The van der Waals surface area contributed by atoms with E-state index in [1.807, 2.05) is 0 Å². The highest BCUT2D eigenvalue weighted by Crippen LogP contribution is 2.09. The Morgan fingerprint density at radius 2 is 1.87 bits per heavy atom. The van der Waals surface area contributed by atoms with Crippen molar-refractivity contribution in [2.24, 2.45) is 7.05 Å². The number of rotatable bonds is 7. The van der Waals surface area contributed by atoms with Crippen molar-refractivity contribution in [2.45, 2.75) is 25.9 Å². The Kier molecular flexibility index (Phi) is 6.41. The van der Waals surface area contributed by atoms with Crippen LogP contribution in [0.2, 0.25) is 0 Å². The molecule has 156 valence electrons. The van der Waals surface area contributed by atoms with E-state index in [2.05, 4.69) is 20.7 Å². The SMILES string of the molecule is Cc1cc(C(=O)N[C@@H](Cc2ccc(F)cc2)C(=O)NCc2ccc(N)nc2)n(C)n1. The van der Waals surface area contributed by atoms with Gasteiger partial charge in [-0.05, 0) is 42.3 Å². The van der Waals surface area contributed by atoms with E-state index in [0.717, 1.165) is 5.56 Å². The fourth-order valence-electron chi connectivity index (χ4n) is 2.97. The molecule has 0 bridgehead atoms. The van der Waals surface area contributed by atoms with Crippen LogP contribution in [-0.2, 0) is 24.8 Å². The molecule has 0 fully saturated rings. The number of carbonyl (C=O) groups is 2. The molecule has 0 unspecified atom stereocenters. The molecule has 1 atom stereocenters. The second-order valence-electron chi connectivity index (χ2n) is 6.96. The zero-order chi connectivity index (χ0) is 21.7. The van der Waals surface area contributed by atoms with Crippen molar-refractivity contribution in [3.05, 3.63) is 77.0 Å². The number of pyridine rings is 1. The van der Waals surface area contributed by atoms with Crippen LogP contribution in [0.3, 0.4) is 0 Å². The highest BCUT2D eigenvalue weighted by atomic mass is 19.1. The molecule has 0 aliphatic rings. The normalized spacial score (nSPS) is 11.7. The third-order valence-corrected chi connectivity index (χ3v) is 4.52. The van der Waals surface area contributed by atoms with Crippen LogP contribution in [0.15, 0.2) is 48.7 Å². The average Bonchev–Trinajstić information content (AvgIpc) is 3.06. The molecule has 9 heteroatoms. The molecule has 2 heterocycles. The van der Waals surface area contributed by atoms with Crippen LogP contribution < -0.4 is 16.4 Å². The minimum absolute atomic E-state index is 0.203. The molecular formula is C21H23FN6O2. The Hall–Kier alpha value is -3.75. The Morgan fingerprint density at radius 3 is 2.47 bits per heavy atom. The molecule has 0 spiro atoms. The monoisotopic (exact) mass is 410 g/mol. The molecule has 3 rings (SSSR count). The van der Waals surface area contributed by atoms with Gasteiger partial charge in [-0.3, -0.25) is 14.3 Å². The van der Waals surface area contributed by atoms with Crippen LogP contribution in [0.4, 0.5) is 10.2 Å². The second-order valence-corrected chi connectivity index (χ2v) is 6.96. The average molecular weight is 410 g/mol. The molecule has 1 aromatic carbocycles. The Balaban J connectivity index is 1.74. The Morgan fingerprint density at radius 1 is 1.17 bits per heavy atom. The lowest BCUT2D eigenvalue weighted by Crippen LogP contribution is -2.48. The van der Waals surface area contributed by atoms with Crippen molar-refractivity contribution < 1.29 is 14.0 Å². The lowest BCUT2D eigenvalue weighted by molar-refractivity contribution is -0.123. The van der Waals surface area contributed by atoms with Crippen molar-refractivity contribution in [1.29, 1.82) is 0 Å². The highest BCUT2D eigenvalue weighted by molar-refractivity contribution is 5.96. The van der Waals surface area contributed by atoms with Crippen LogP contribution in [0, 0.1) is 12.7 Å². The number of nitrogens with zero attached hydrogens (tertiary/aromatic N) is 3. The number of aromatic nitrogens is 3. The minimum Gasteiger partial charge on any atom is -0.384 e. The van der Waals surface area contributed by atoms with E-state index in [9.17, 15) is 14.0 Å². The molecule has 0 saturated heterocycles. The van der Waals surface area contributed by atoms with Crippen LogP contribution >= 0.6 is 0 Å². The van der Waals surface area contributed by atoms with E-state index in [0.29, 0.717) is 22.8 Å². The van der Waals surface area contributed by atoms with E-state index < -0.39 is 11.9 Å². The topological polar surface area (TPSA) is 115 Å². The molecule has 3 aromatic rings. The predicted octanol–water partition coefficient (Wildman–Crippen LogP) is 1.50. The van der Waals surface area contributed by atoms with Gasteiger partial charge in [0, 0.05) is 26.2 Å². The summed E-state index contributed by atoms with van der Waals surface area (Å²) in [5, 5.41) is 9.71. The molecule has 4 N–H and O–H groups in total. The van der Waals surface area contributed by atoms with Gasteiger partial charge in [0.05, 0.1) is 5.69 Å². The van der Waals surface area contributed by atoms with Crippen molar-refractivity contribution in [2.75, 3.05) is 5.73 Å². The first-order valence-electron chi connectivity index (χ1n) is 9.36. The fourth-order valence-corrected chi connectivity index (χ4v) is 2.97. The molecule has 8 nitrogen and oxygen atoms in total. The van der Waals surface area contributed by atoms with Crippen molar-refractivity contribution in [3.8, 4) is 0 Å². The first-order chi connectivity index (χ1) is 14.3. The summed E-state index contributed by atoms with van der Waals surface area (Å²) in [7, 11) is 1.66. The van der Waals surface area contributed by atoms with Gasteiger partial charge in [-0.15, -0.1) is 0 Å². The maximum Gasteiger partial charge on any atom is 0.270 e. The first kappa shape index (κ1) is 21.0. The lowest BCUT2D eigenvalue weighted by Gasteiger charge is -2.19. The maximum absolute atomic E-state index is 13.2. The predicted molar refractivity (Wildman–Crippen MR) is 110 cm³/mol. The summed E-state index contributed by atoms with van der Waals surface area (Å²) < 4.78 is 14.7. The van der Waals surface area contributed by atoms with Crippen LogP contribution in [0.25, 0.3) is 0 Å². The molecule has 2 amide bonds. The molecular weight excluding hydrogens is 387 g/mol. The summed E-state index contributed by atoms with van der Waals surface area (Å²) in [5.74, 6) is -0.777. The van der Waals surface area contributed by atoms with Crippen molar-refractivity contribution in [1.82, 2.24) is 25.4 Å². The minimum atomic E-state index is -0.861. The number of halogens is 1. The van der Waals surface area contributed by atoms with Gasteiger partial charge in [0.2, 0.25) is 5.91 Å². The lowest BCUT2D eigenvalue weighted by atomic mass is 10.0. The zero-order valence-electron chi connectivity index (χ0n) is 16.7. The summed E-state index contributed by atoms with van der Waals surface area (Å²) in [6.45, 7) is 2.01. The number of hydrogen-bond acceptors (Lipinski definition) is 5. The van der Waals surface area contributed by atoms with Crippen LogP contribution in [-0.4, -0.2) is 32.6 Å². The third-order valence-electron chi connectivity index (χ3n) is 4.52. The number of amides is 2. The fraction of sp³-hybridized carbons (Fsp3) is 0.238. The quantitative estimate of drug-likeness (QED) is 0.546. The molecule has 0 aliphatic heterocycles. The van der Waals surface area contributed by atoms with Gasteiger partial charge in [0.25, 0.3) is 5.91 Å². The van der Waals surface area contributed by atoms with Gasteiger partial charge in [0.15, 0.2) is 0 Å². The number of hydrogen-bond donors (Lipinski definition) is 3.